The number of ether oxygens (including phenoxy) is 1. The van der Waals surface area contributed by atoms with E-state index < -0.39 is 0 Å². The molecule has 1 atom stereocenters. The minimum atomic E-state index is 0. The van der Waals surface area contributed by atoms with Crippen molar-refractivity contribution in [3.05, 3.63) is 21.9 Å². The summed E-state index contributed by atoms with van der Waals surface area (Å²) in [6, 6.07) is 2.51. The molecule has 1 aliphatic heterocycles. The summed E-state index contributed by atoms with van der Waals surface area (Å²) >= 11 is 1.89. The van der Waals surface area contributed by atoms with Crippen molar-refractivity contribution < 1.29 is 4.74 Å². The van der Waals surface area contributed by atoms with E-state index >= 15 is 0 Å². The van der Waals surface area contributed by atoms with Gasteiger partial charge in [0.15, 0.2) is 5.96 Å². The van der Waals surface area contributed by atoms with Crippen molar-refractivity contribution in [3.63, 3.8) is 0 Å². The molecule has 0 aliphatic carbocycles. The van der Waals surface area contributed by atoms with Gasteiger partial charge in [0.1, 0.15) is 0 Å². The third-order valence-electron chi connectivity index (χ3n) is 3.72. The average molecular weight is 452 g/mol. The topological polar surface area (TPSA) is 48.9 Å². The minimum absolute atomic E-state index is 0. The van der Waals surface area contributed by atoms with Crippen LogP contribution in [-0.4, -0.2) is 56.8 Å². The van der Waals surface area contributed by atoms with Gasteiger partial charge in [-0.1, -0.05) is 0 Å². The van der Waals surface area contributed by atoms with Gasteiger partial charge in [-0.15, -0.1) is 35.3 Å². The van der Waals surface area contributed by atoms with Crippen molar-refractivity contribution in [3.8, 4) is 0 Å². The zero-order chi connectivity index (χ0) is 15.8. The zero-order valence-corrected chi connectivity index (χ0v) is 17.4. The molecule has 1 unspecified atom stereocenters. The average Bonchev–Trinajstić information content (AvgIpc) is 2.95. The molecule has 1 aliphatic rings. The van der Waals surface area contributed by atoms with Gasteiger partial charge in [0.05, 0.1) is 13.2 Å². The van der Waals surface area contributed by atoms with E-state index in [-0.39, 0.29) is 30.0 Å². The van der Waals surface area contributed by atoms with Gasteiger partial charge in [-0.05, 0) is 37.3 Å². The molecule has 7 heteroatoms. The van der Waals surface area contributed by atoms with Crippen molar-refractivity contribution in [1.82, 2.24) is 15.5 Å². The Kier molecular flexibility index (Phi) is 10.1. The highest BCUT2D eigenvalue weighted by Gasteiger charge is 2.16. The molecule has 0 aromatic carbocycles. The Labute approximate surface area is 160 Å². The lowest BCUT2D eigenvalue weighted by molar-refractivity contribution is 0.179. The molecule has 1 aromatic heterocycles. The third kappa shape index (κ3) is 6.94. The lowest BCUT2D eigenvalue weighted by atomic mass is 10.1. The van der Waals surface area contributed by atoms with Crippen LogP contribution in [0, 0.1) is 0 Å². The Morgan fingerprint density at radius 2 is 2.35 bits per heavy atom. The van der Waals surface area contributed by atoms with Gasteiger partial charge in [-0.2, -0.15) is 0 Å². The van der Waals surface area contributed by atoms with Gasteiger partial charge < -0.3 is 15.4 Å². The number of guanidine groups is 1. The Morgan fingerprint density at radius 1 is 1.52 bits per heavy atom. The fourth-order valence-electron chi connectivity index (χ4n) is 2.65. The predicted octanol–water partition coefficient (Wildman–Crippen LogP) is 2.31. The Morgan fingerprint density at radius 3 is 3.09 bits per heavy atom. The fraction of sp³-hybridized carbons (Fsp3) is 0.688. The SMILES string of the molecule is CCNC(=NCCN1CCc2sccc2C1)NC(C)COC.I. The monoisotopic (exact) mass is 452 g/mol. The molecule has 0 fully saturated rings. The number of nitrogens with zero attached hydrogens (tertiary/aromatic N) is 2. The maximum absolute atomic E-state index is 5.16. The van der Waals surface area contributed by atoms with E-state index in [1.54, 1.807) is 12.0 Å². The van der Waals surface area contributed by atoms with Crippen molar-refractivity contribution in [2.24, 2.45) is 4.99 Å². The van der Waals surface area contributed by atoms with Gasteiger partial charge >= 0.3 is 0 Å². The van der Waals surface area contributed by atoms with Crippen molar-refractivity contribution >= 4 is 41.3 Å². The van der Waals surface area contributed by atoms with Crippen LogP contribution in [0.1, 0.15) is 24.3 Å². The van der Waals surface area contributed by atoms with E-state index in [4.69, 9.17) is 4.74 Å². The summed E-state index contributed by atoms with van der Waals surface area (Å²) in [5.74, 6) is 0.875. The number of nitrogens with one attached hydrogen (secondary N) is 2. The van der Waals surface area contributed by atoms with Crippen LogP contribution in [0.25, 0.3) is 0 Å². The van der Waals surface area contributed by atoms with Gasteiger partial charge in [0.25, 0.3) is 0 Å². The van der Waals surface area contributed by atoms with Crippen molar-refractivity contribution in [2.75, 3.05) is 39.9 Å². The second kappa shape index (κ2) is 11.2. The second-order valence-electron chi connectivity index (χ2n) is 5.66. The molecule has 5 nitrogen and oxygen atoms in total. The molecule has 0 spiro atoms. The molecule has 23 heavy (non-hydrogen) atoms. The zero-order valence-electron chi connectivity index (χ0n) is 14.3. The second-order valence-corrected chi connectivity index (χ2v) is 6.66. The summed E-state index contributed by atoms with van der Waals surface area (Å²) in [5.41, 5.74) is 1.50. The first-order chi connectivity index (χ1) is 10.7. The fourth-order valence-corrected chi connectivity index (χ4v) is 3.54. The highest BCUT2D eigenvalue weighted by atomic mass is 127. The van der Waals surface area contributed by atoms with Crippen molar-refractivity contribution in [2.45, 2.75) is 32.9 Å². The highest BCUT2D eigenvalue weighted by Crippen LogP contribution is 2.23. The Balaban J connectivity index is 0.00000264. The van der Waals surface area contributed by atoms with E-state index in [1.807, 2.05) is 11.3 Å². The van der Waals surface area contributed by atoms with E-state index in [0.717, 1.165) is 38.7 Å². The largest absolute Gasteiger partial charge is 0.383 e. The number of fused-ring (bicyclic) bond motifs is 1. The molecule has 132 valence electrons. The van der Waals surface area contributed by atoms with E-state index in [2.05, 4.69) is 45.8 Å². The third-order valence-corrected chi connectivity index (χ3v) is 4.74. The predicted molar refractivity (Wildman–Crippen MR) is 109 cm³/mol. The number of methoxy groups -OCH3 is 1. The van der Waals surface area contributed by atoms with Crippen LogP contribution in [0.3, 0.4) is 0 Å². The van der Waals surface area contributed by atoms with Gasteiger partial charge in [0, 0.05) is 44.2 Å². The maximum atomic E-state index is 5.16. The van der Waals surface area contributed by atoms with Crippen LogP contribution >= 0.6 is 35.3 Å². The van der Waals surface area contributed by atoms with Crippen LogP contribution in [-0.2, 0) is 17.7 Å². The first-order valence-corrected chi connectivity index (χ1v) is 8.92. The summed E-state index contributed by atoms with van der Waals surface area (Å²) in [5, 5.41) is 8.86. The minimum Gasteiger partial charge on any atom is -0.383 e. The standard InChI is InChI=1S/C16H28N4OS.HI/c1-4-17-16(19-13(2)12-21-3)18-7-9-20-8-5-15-14(11-20)6-10-22-15;/h6,10,13H,4-5,7-9,11-12H2,1-3H3,(H2,17,18,19);1H. The summed E-state index contributed by atoms with van der Waals surface area (Å²) in [7, 11) is 1.72. The molecule has 0 amide bonds. The lowest BCUT2D eigenvalue weighted by Crippen LogP contribution is -2.44. The highest BCUT2D eigenvalue weighted by molar-refractivity contribution is 14.0. The van der Waals surface area contributed by atoms with Crippen LogP contribution in [0.4, 0.5) is 0 Å². The van der Waals surface area contributed by atoms with Gasteiger partial charge in [-0.3, -0.25) is 9.89 Å². The molecular formula is C16H29IN4OS. The van der Waals surface area contributed by atoms with Crippen LogP contribution in [0.5, 0.6) is 0 Å². The number of rotatable bonds is 7. The summed E-state index contributed by atoms with van der Waals surface area (Å²) in [4.78, 5) is 8.72. The maximum Gasteiger partial charge on any atom is 0.191 e. The Bertz CT molecular complexity index is 480. The Hall–Kier alpha value is -0.380. The summed E-state index contributed by atoms with van der Waals surface area (Å²) in [6.45, 7) is 9.76. The first kappa shape index (κ1) is 20.7. The molecule has 1 aromatic rings. The lowest BCUT2D eigenvalue weighted by Gasteiger charge is -2.26. The quantitative estimate of drug-likeness (QED) is 0.379. The molecule has 0 saturated heterocycles. The normalized spacial score (nSPS) is 16.4. The molecular weight excluding hydrogens is 423 g/mol. The van der Waals surface area contributed by atoms with Gasteiger partial charge in [0.2, 0.25) is 0 Å². The van der Waals surface area contributed by atoms with Crippen LogP contribution in [0.15, 0.2) is 16.4 Å². The molecule has 2 heterocycles. The van der Waals surface area contributed by atoms with E-state index in [1.165, 1.54) is 12.0 Å². The number of thiophene rings is 1. The number of aliphatic imine (C=N–C) groups is 1. The first-order valence-electron chi connectivity index (χ1n) is 8.04. The summed E-state index contributed by atoms with van der Waals surface area (Å²) < 4.78 is 5.16. The van der Waals surface area contributed by atoms with Gasteiger partial charge in [-0.25, -0.2) is 0 Å². The summed E-state index contributed by atoms with van der Waals surface area (Å²) in [6.07, 6.45) is 1.18. The van der Waals surface area contributed by atoms with E-state index in [9.17, 15) is 0 Å². The van der Waals surface area contributed by atoms with Crippen LogP contribution < -0.4 is 10.6 Å². The van der Waals surface area contributed by atoms with E-state index in [0.29, 0.717) is 6.61 Å². The van der Waals surface area contributed by atoms with Crippen molar-refractivity contribution in [1.29, 1.82) is 0 Å². The molecule has 0 radical (unpaired) electrons. The molecule has 0 saturated carbocycles. The molecule has 2 N–H and O–H groups in total. The number of hydrogen-bond acceptors (Lipinski definition) is 4. The molecule has 2 rings (SSSR count). The number of halogens is 1. The molecule has 0 bridgehead atoms. The number of hydrogen-bond donors (Lipinski definition) is 2. The van der Waals surface area contributed by atoms with Crippen LogP contribution in [0.2, 0.25) is 0 Å². The smallest absolute Gasteiger partial charge is 0.191 e.